The molecule has 1 heterocycles. The quantitative estimate of drug-likeness (QED) is 0.674. The molecule has 0 radical (unpaired) electrons. The van der Waals surface area contributed by atoms with Crippen LogP contribution in [-0.4, -0.2) is 37.6 Å². The smallest absolute Gasteiger partial charge is 0.387 e. The van der Waals surface area contributed by atoms with Gasteiger partial charge in [0.2, 0.25) is 5.91 Å². The molecule has 1 saturated heterocycles. The summed E-state index contributed by atoms with van der Waals surface area (Å²) < 4.78 is 34.3. The van der Waals surface area contributed by atoms with Crippen molar-refractivity contribution in [2.24, 2.45) is 0 Å². The summed E-state index contributed by atoms with van der Waals surface area (Å²) in [6, 6.07) is 14.9. The largest absolute Gasteiger partial charge is 0.493 e. The monoisotopic (exact) mass is 387 g/mol. The third-order valence-corrected chi connectivity index (χ3v) is 4.90. The summed E-state index contributed by atoms with van der Waals surface area (Å²) in [6.07, 6.45) is 5.04. The Labute approximate surface area is 163 Å². The van der Waals surface area contributed by atoms with Crippen molar-refractivity contribution in [2.45, 2.75) is 25.4 Å². The molecule has 0 aliphatic carbocycles. The molecule has 3 rings (SSSR count). The van der Waals surface area contributed by atoms with Crippen molar-refractivity contribution >= 4 is 12.0 Å². The molecule has 2 aromatic carbocycles. The number of alkyl halides is 2. The highest BCUT2D eigenvalue weighted by Gasteiger charge is 2.22. The van der Waals surface area contributed by atoms with E-state index in [1.165, 1.54) is 24.8 Å². The number of amides is 1. The fourth-order valence-corrected chi connectivity index (χ4v) is 3.41. The SMILES string of the molecule is COc1cc(/C=C/C(=O)N2CCC(c3ccccc3)CC2)ccc1OC(F)F. The van der Waals surface area contributed by atoms with Gasteiger partial charge in [0.25, 0.3) is 0 Å². The van der Waals surface area contributed by atoms with E-state index in [-0.39, 0.29) is 17.4 Å². The van der Waals surface area contributed by atoms with E-state index in [2.05, 4.69) is 16.9 Å². The average molecular weight is 387 g/mol. The third-order valence-electron chi connectivity index (χ3n) is 4.90. The molecule has 0 aromatic heterocycles. The number of hydrogen-bond donors (Lipinski definition) is 0. The van der Waals surface area contributed by atoms with Gasteiger partial charge in [-0.2, -0.15) is 8.78 Å². The van der Waals surface area contributed by atoms with Crippen LogP contribution in [0.5, 0.6) is 11.5 Å². The van der Waals surface area contributed by atoms with Crippen LogP contribution in [0.25, 0.3) is 6.08 Å². The number of carbonyl (C=O) groups is 1. The van der Waals surface area contributed by atoms with Crippen LogP contribution in [0.2, 0.25) is 0 Å². The highest BCUT2D eigenvalue weighted by molar-refractivity contribution is 5.92. The van der Waals surface area contributed by atoms with E-state index in [0.717, 1.165) is 12.8 Å². The molecule has 0 N–H and O–H groups in total. The molecule has 148 valence electrons. The molecule has 1 fully saturated rings. The number of rotatable bonds is 6. The molecule has 1 amide bonds. The molecule has 0 saturated carbocycles. The molecule has 2 aromatic rings. The first-order chi connectivity index (χ1) is 13.6. The second-order valence-electron chi connectivity index (χ2n) is 6.63. The number of ether oxygens (including phenoxy) is 2. The van der Waals surface area contributed by atoms with Gasteiger partial charge < -0.3 is 14.4 Å². The predicted octanol–water partition coefficient (Wildman–Crippen LogP) is 4.72. The fourth-order valence-electron chi connectivity index (χ4n) is 3.41. The Morgan fingerprint density at radius 3 is 2.46 bits per heavy atom. The highest BCUT2D eigenvalue weighted by Crippen LogP contribution is 2.30. The summed E-state index contributed by atoms with van der Waals surface area (Å²) in [7, 11) is 1.38. The summed E-state index contributed by atoms with van der Waals surface area (Å²) in [5.74, 6) is 0.585. The zero-order valence-corrected chi connectivity index (χ0v) is 15.7. The van der Waals surface area contributed by atoms with Crippen LogP contribution in [0, 0.1) is 0 Å². The van der Waals surface area contributed by atoms with Gasteiger partial charge >= 0.3 is 6.61 Å². The molecule has 0 unspecified atom stereocenters. The number of benzene rings is 2. The molecule has 0 spiro atoms. The Bertz CT molecular complexity index is 816. The zero-order chi connectivity index (χ0) is 19.9. The Hall–Kier alpha value is -2.89. The van der Waals surface area contributed by atoms with Crippen molar-refractivity contribution < 1.29 is 23.0 Å². The van der Waals surface area contributed by atoms with Gasteiger partial charge in [-0.25, -0.2) is 0 Å². The topological polar surface area (TPSA) is 38.8 Å². The zero-order valence-electron chi connectivity index (χ0n) is 15.7. The summed E-state index contributed by atoms with van der Waals surface area (Å²) in [5.41, 5.74) is 1.99. The van der Waals surface area contributed by atoms with Crippen molar-refractivity contribution in [1.82, 2.24) is 4.90 Å². The summed E-state index contributed by atoms with van der Waals surface area (Å²) in [6.45, 7) is -1.49. The standard InChI is InChI=1S/C22H23F2NO3/c1-27-20-15-16(7-9-19(20)28-22(23)24)8-10-21(26)25-13-11-18(12-14-25)17-5-3-2-4-6-17/h2-10,15,18,22H,11-14H2,1H3/b10-8+. The van der Waals surface area contributed by atoms with Gasteiger partial charge in [0.1, 0.15) is 0 Å². The Balaban J connectivity index is 1.58. The number of piperidine rings is 1. The number of methoxy groups -OCH3 is 1. The van der Waals surface area contributed by atoms with Crippen LogP contribution >= 0.6 is 0 Å². The van der Waals surface area contributed by atoms with Crippen molar-refractivity contribution in [2.75, 3.05) is 20.2 Å². The molecular formula is C22H23F2NO3. The van der Waals surface area contributed by atoms with Gasteiger partial charge in [-0.05, 0) is 48.1 Å². The van der Waals surface area contributed by atoms with Gasteiger partial charge in [-0.15, -0.1) is 0 Å². The Kier molecular flexibility index (Phi) is 6.63. The fraction of sp³-hybridized carbons (Fsp3) is 0.318. The molecule has 28 heavy (non-hydrogen) atoms. The first-order valence-electron chi connectivity index (χ1n) is 9.21. The van der Waals surface area contributed by atoms with Crippen molar-refractivity contribution in [1.29, 1.82) is 0 Å². The van der Waals surface area contributed by atoms with Crippen LogP contribution in [0.1, 0.15) is 29.9 Å². The van der Waals surface area contributed by atoms with Crippen molar-refractivity contribution in [3.8, 4) is 11.5 Å². The first kappa shape index (κ1) is 19.9. The second-order valence-corrected chi connectivity index (χ2v) is 6.63. The van der Waals surface area contributed by atoms with Crippen molar-refractivity contribution in [3.63, 3.8) is 0 Å². The molecule has 0 atom stereocenters. The molecule has 4 nitrogen and oxygen atoms in total. The lowest BCUT2D eigenvalue weighted by Gasteiger charge is -2.31. The first-order valence-corrected chi connectivity index (χ1v) is 9.21. The lowest BCUT2D eigenvalue weighted by atomic mass is 9.89. The number of carbonyl (C=O) groups excluding carboxylic acids is 1. The van der Waals surface area contributed by atoms with Gasteiger partial charge in [0.05, 0.1) is 7.11 Å². The normalized spacial score (nSPS) is 15.2. The van der Waals surface area contributed by atoms with E-state index in [0.29, 0.717) is 24.6 Å². The lowest BCUT2D eigenvalue weighted by molar-refractivity contribution is -0.126. The van der Waals surface area contributed by atoms with Crippen LogP contribution < -0.4 is 9.47 Å². The minimum absolute atomic E-state index is 0.0380. The van der Waals surface area contributed by atoms with Crippen LogP contribution in [0.4, 0.5) is 8.78 Å². The van der Waals surface area contributed by atoms with E-state index in [9.17, 15) is 13.6 Å². The maximum absolute atomic E-state index is 12.5. The summed E-state index contributed by atoms with van der Waals surface area (Å²) >= 11 is 0. The van der Waals surface area contributed by atoms with E-state index < -0.39 is 6.61 Å². The summed E-state index contributed by atoms with van der Waals surface area (Å²) in [4.78, 5) is 14.3. The van der Waals surface area contributed by atoms with Gasteiger partial charge in [-0.3, -0.25) is 4.79 Å². The molecule has 1 aliphatic rings. The van der Waals surface area contributed by atoms with Gasteiger partial charge in [-0.1, -0.05) is 36.4 Å². The van der Waals surface area contributed by atoms with E-state index in [1.807, 2.05) is 23.1 Å². The number of halogens is 2. The molecule has 1 aliphatic heterocycles. The Morgan fingerprint density at radius 2 is 1.82 bits per heavy atom. The van der Waals surface area contributed by atoms with Gasteiger partial charge in [0.15, 0.2) is 11.5 Å². The number of likely N-dealkylation sites (tertiary alicyclic amines) is 1. The van der Waals surface area contributed by atoms with Crippen molar-refractivity contribution in [3.05, 3.63) is 65.7 Å². The number of hydrogen-bond acceptors (Lipinski definition) is 3. The summed E-state index contributed by atoms with van der Waals surface area (Å²) in [5, 5.41) is 0. The molecule has 0 bridgehead atoms. The second kappa shape index (κ2) is 9.35. The van der Waals surface area contributed by atoms with E-state index in [1.54, 1.807) is 18.2 Å². The highest BCUT2D eigenvalue weighted by atomic mass is 19.3. The maximum Gasteiger partial charge on any atom is 0.387 e. The van der Waals surface area contributed by atoms with Crippen LogP contribution in [0.15, 0.2) is 54.6 Å². The average Bonchev–Trinajstić information content (AvgIpc) is 2.73. The molecule has 6 heteroatoms. The molecular weight excluding hydrogens is 364 g/mol. The van der Waals surface area contributed by atoms with Crippen LogP contribution in [-0.2, 0) is 4.79 Å². The lowest BCUT2D eigenvalue weighted by Crippen LogP contribution is -2.36. The van der Waals surface area contributed by atoms with E-state index >= 15 is 0 Å². The third kappa shape index (κ3) is 5.09. The minimum atomic E-state index is -2.92. The Morgan fingerprint density at radius 1 is 1.11 bits per heavy atom. The van der Waals surface area contributed by atoms with Crippen LogP contribution in [0.3, 0.4) is 0 Å². The van der Waals surface area contributed by atoms with Gasteiger partial charge in [0, 0.05) is 19.2 Å². The number of nitrogens with zero attached hydrogens (tertiary/aromatic N) is 1. The van der Waals surface area contributed by atoms with E-state index in [4.69, 9.17) is 4.74 Å². The maximum atomic E-state index is 12.5. The minimum Gasteiger partial charge on any atom is -0.493 e. The predicted molar refractivity (Wildman–Crippen MR) is 104 cm³/mol.